The Hall–Kier alpha value is -1.65. The van der Waals surface area contributed by atoms with Crippen molar-refractivity contribution in [3.63, 3.8) is 0 Å². The van der Waals surface area contributed by atoms with Gasteiger partial charge >= 0.3 is 0 Å². The van der Waals surface area contributed by atoms with Gasteiger partial charge in [0.25, 0.3) is 5.56 Å². The Balaban J connectivity index is 2.53. The van der Waals surface area contributed by atoms with E-state index < -0.39 is 6.73 Å². The Morgan fingerprint density at radius 2 is 2.12 bits per heavy atom. The molecule has 0 aliphatic heterocycles. The number of halogens is 1. The average molecular weight is 251 g/mol. The van der Waals surface area contributed by atoms with Gasteiger partial charge in [-0.25, -0.2) is 4.68 Å². The summed E-state index contributed by atoms with van der Waals surface area (Å²) in [5.74, 6) is 0. The van der Waals surface area contributed by atoms with Crippen molar-refractivity contribution in [3.8, 4) is 11.3 Å². The monoisotopic (exact) mass is 250 g/mol. The molecule has 0 radical (unpaired) electrons. The minimum Gasteiger partial charge on any atom is -0.374 e. The summed E-state index contributed by atoms with van der Waals surface area (Å²) in [6.07, 6.45) is 0. The van der Waals surface area contributed by atoms with Gasteiger partial charge in [-0.15, -0.1) is 0 Å². The molecule has 1 heterocycles. The Labute approximate surface area is 103 Å². The smallest absolute Gasteiger partial charge is 0.268 e. The zero-order valence-electron chi connectivity index (χ0n) is 9.22. The Morgan fingerprint density at radius 3 is 2.76 bits per heavy atom. The quantitative estimate of drug-likeness (QED) is 0.885. The van der Waals surface area contributed by atoms with Gasteiger partial charge in [0.2, 0.25) is 0 Å². The Kier molecular flexibility index (Phi) is 3.26. The second kappa shape index (κ2) is 4.69. The zero-order chi connectivity index (χ0) is 12.4. The van der Waals surface area contributed by atoms with Crippen molar-refractivity contribution in [1.82, 2.24) is 9.78 Å². The maximum absolute atomic E-state index is 11.3. The highest BCUT2D eigenvalue weighted by Gasteiger charge is 2.04. The normalized spacial score (nSPS) is 10.5. The van der Waals surface area contributed by atoms with Gasteiger partial charge in [-0.1, -0.05) is 17.7 Å². The third-order valence-electron chi connectivity index (χ3n) is 2.45. The minimum absolute atomic E-state index is 0.332. The fourth-order valence-corrected chi connectivity index (χ4v) is 1.63. The first-order chi connectivity index (χ1) is 8.11. The van der Waals surface area contributed by atoms with Crippen LogP contribution in [0.2, 0.25) is 5.02 Å². The molecule has 17 heavy (non-hydrogen) atoms. The highest BCUT2D eigenvalue weighted by atomic mass is 35.5. The van der Waals surface area contributed by atoms with E-state index in [4.69, 9.17) is 16.7 Å². The first kappa shape index (κ1) is 11.8. The number of rotatable bonds is 2. The van der Waals surface area contributed by atoms with Gasteiger partial charge in [-0.05, 0) is 30.7 Å². The number of hydrogen-bond acceptors (Lipinski definition) is 3. The first-order valence-electron chi connectivity index (χ1n) is 5.07. The summed E-state index contributed by atoms with van der Waals surface area (Å²) in [5.41, 5.74) is 2.09. The predicted octanol–water partition coefficient (Wildman–Crippen LogP) is 1.82. The van der Waals surface area contributed by atoms with Crippen molar-refractivity contribution in [3.05, 3.63) is 51.3 Å². The molecule has 0 unspecified atom stereocenters. The van der Waals surface area contributed by atoms with Crippen LogP contribution in [0.3, 0.4) is 0 Å². The first-order valence-corrected chi connectivity index (χ1v) is 5.45. The number of aliphatic hydroxyl groups is 1. The van der Waals surface area contributed by atoms with Crippen LogP contribution in [0.1, 0.15) is 5.56 Å². The van der Waals surface area contributed by atoms with Crippen LogP contribution in [0.4, 0.5) is 0 Å². The molecule has 1 N–H and O–H groups in total. The van der Waals surface area contributed by atoms with Crippen molar-refractivity contribution in [2.75, 3.05) is 0 Å². The molecule has 4 nitrogen and oxygen atoms in total. The van der Waals surface area contributed by atoms with Crippen molar-refractivity contribution < 1.29 is 5.11 Å². The van der Waals surface area contributed by atoms with Gasteiger partial charge in [-0.3, -0.25) is 4.79 Å². The Bertz CT molecular complexity index is 608. The van der Waals surface area contributed by atoms with Gasteiger partial charge in [0.1, 0.15) is 6.73 Å². The summed E-state index contributed by atoms with van der Waals surface area (Å²) >= 11 is 5.94. The number of hydrogen-bond donors (Lipinski definition) is 1. The van der Waals surface area contributed by atoms with Gasteiger partial charge in [0.15, 0.2) is 0 Å². The highest BCUT2D eigenvalue weighted by molar-refractivity contribution is 6.31. The van der Waals surface area contributed by atoms with Crippen LogP contribution in [-0.2, 0) is 6.73 Å². The van der Waals surface area contributed by atoms with E-state index in [2.05, 4.69) is 5.10 Å². The summed E-state index contributed by atoms with van der Waals surface area (Å²) in [4.78, 5) is 11.3. The van der Waals surface area contributed by atoms with E-state index >= 15 is 0 Å². The van der Waals surface area contributed by atoms with E-state index in [1.165, 1.54) is 6.07 Å². The highest BCUT2D eigenvalue weighted by Crippen LogP contribution is 2.22. The third kappa shape index (κ3) is 2.38. The summed E-state index contributed by atoms with van der Waals surface area (Å²) < 4.78 is 0.999. The molecule has 0 saturated carbocycles. The molecule has 0 amide bonds. The van der Waals surface area contributed by atoms with Crippen LogP contribution in [0, 0.1) is 6.92 Å². The van der Waals surface area contributed by atoms with E-state index in [-0.39, 0.29) is 5.56 Å². The molecule has 0 aliphatic carbocycles. The van der Waals surface area contributed by atoms with Crippen LogP contribution in [0.25, 0.3) is 11.3 Å². The van der Waals surface area contributed by atoms with Crippen LogP contribution in [0.15, 0.2) is 35.1 Å². The lowest BCUT2D eigenvalue weighted by Gasteiger charge is -2.05. The predicted molar refractivity (Wildman–Crippen MR) is 65.9 cm³/mol. The molecular formula is C12H11ClN2O2. The lowest BCUT2D eigenvalue weighted by Crippen LogP contribution is -2.21. The van der Waals surface area contributed by atoms with Crippen molar-refractivity contribution >= 4 is 11.6 Å². The van der Waals surface area contributed by atoms with E-state index in [0.717, 1.165) is 15.8 Å². The van der Waals surface area contributed by atoms with E-state index in [9.17, 15) is 4.79 Å². The molecule has 0 bridgehead atoms. The molecule has 0 fully saturated rings. The lowest BCUT2D eigenvalue weighted by molar-refractivity contribution is 0.189. The molecule has 2 aromatic rings. The fourth-order valence-electron chi connectivity index (χ4n) is 1.51. The van der Waals surface area contributed by atoms with Gasteiger partial charge in [-0.2, -0.15) is 5.10 Å². The largest absolute Gasteiger partial charge is 0.374 e. The fraction of sp³-hybridized carbons (Fsp3) is 0.167. The summed E-state index contributed by atoms with van der Waals surface area (Å²) in [6.45, 7) is 1.47. The van der Waals surface area contributed by atoms with Crippen LogP contribution in [-0.4, -0.2) is 14.9 Å². The number of nitrogens with zero attached hydrogens (tertiary/aromatic N) is 2. The molecule has 1 aromatic heterocycles. The van der Waals surface area contributed by atoms with Gasteiger partial charge in [0, 0.05) is 16.7 Å². The number of aryl methyl sites for hydroxylation is 1. The van der Waals surface area contributed by atoms with Crippen LogP contribution >= 0.6 is 11.6 Å². The molecular weight excluding hydrogens is 240 g/mol. The molecule has 1 aromatic carbocycles. The SMILES string of the molecule is Cc1cc(-c2ccc(=O)n(CO)n2)ccc1Cl. The molecule has 0 aliphatic rings. The second-order valence-electron chi connectivity index (χ2n) is 3.66. The van der Waals surface area contributed by atoms with Crippen molar-refractivity contribution in [2.45, 2.75) is 13.7 Å². The maximum atomic E-state index is 11.3. The van der Waals surface area contributed by atoms with Gasteiger partial charge < -0.3 is 5.11 Å². The van der Waals surface area contributed by atoms with E-state index in [1.807, 2.05) is 19.1 Å². The summed E-state index contributed by atoms with van der Waals surface area (Å²) in [6, 6.07) is 8.49. The molecule has 2 rings (SSSR count). The summed E-state index contributed by atoms with van der Waals surface area (Å²) in [7, 11) is 0. The standard InChI is InChI=1S/C12H11ClN2O2/c1-8-6-9(2-3-10(8)13)11-4-5-12(17)15(7-16)14-11/h2-6,16H,7H2,1H3. The maximum Gasteiger partial charge on any atom is 0.268 e. The van der Waals surface area contributed by atoms with Crippen molar-refractivity contribution in [2.24, 2.45) is 0 Å². The number of benzene rings is 1. The summed E-state index contributed by atoms with van der Waals surface area (Å²) in [5, 5.41) is 13.7. The molecule has 0 atom stereocenters. The van der Waals surface area contributed by atoms with E-state index in [1.54, 1.807) is 12.1 Å². The number of aromatic nitrogens is 2. The van der Waals surface area contributed by atoms with Crippen LogP contribution in [0.5, 0.6) is 0 Å². The zero-order valence-corrected chi connectivity index (χ0v) is 9.98. The number of aliphatic hydroxyl groups excluding tert-OH is 1. The third-order valence-corrected chi connectivity index (χ3v) is 2.88. The minimum atomic E-state index is -0.431. The molecule has 88 valence electrons. The van der Waals surface area contributed by atoms with Crippen molar-refractivity contribution in [1.29, 1.82) is 0 Å². The van der Waals surface area contributed by atoms with Crippen LogP contribution < -0.4 is 5.56 Å². The molecule has 0 spiro atoms. The second-order valence-corrected chi connectivity index (χ2v) is 4.07. The molecule has 5 heteroatoms. The lowest BCUT2D eigenvalue weighted by atomic mass is 10.1. The van der Waals surface area contributed by atoms with Gasteiger partial charge in [0.05, 0.1) is 5.69 Å². The van der Waals surface area contributed by atoms with E-state index in [0.29, 0.717) is 10.7 Å². The topological polar surface area (TPSA) is 55.1 Å². The average Bonchev–Trinajstić information content (AvgIpc) is 2.33. The molecule has 0 saturated heterocycles. The Morgan fingerprint density at radius 1 is 1.35 bits per heavy atom.